The number of hydrogen-bond donors (Lipinski definition) is 1. The van der Waals surface area contributed by atoms with Crippen molar-refractivity contribution in [3.63, 3.8) is 0 Å². The Hall–Kier alpha value is -0.520. The van der Waals surface area contributed by atoms with Gasteiger partial charge in [-0.2, -0.15) is 0 Å². The second kappa shape index (κ2) is 6.15. The van der Waals surface area contributed by atoms with Gasteiger partial charge in [-0.25, -0.2) is 0 Å². The maximum Gasteiger partial charge on any atom is 0.0601 e. The van der Waals surface area contributed by atoms with Gasteiger partial charge in [0.05, 0.1) is 6.54 Å². The summed E-state index contributed by atoms with van der Waals surface area (Å²) in [7, 11) is 0. The number of nitrogens with zero attached hydrogens (tertiary/aromatic N) is 1. The molecule has 1 fully saturated rings. The molecule has 1 heterocycles. The number of terminal acetylenes is 1. The van der Waals surface area contributed by atoms with Gasteiger partial charge in [-0.15, -0.1) is 6.42 Å². The summed E-state index contributed by atoms with van der Waals surface area (Å²) >= 11 is 0. The summed E-state index contributed by atoms with van der Waals surface area (Å²) in [6.07, 6.45) is 7.82. The lowest BCUT2D eigenvalue weighted by Crippen LogP contribution is -2.53. The van der Waals surface area contributed by atoms with E-state index in [-0.39, 0.29) is 0 Å². The zero-order chi connectivity index (χ0) is 11.3. The normalized spacial score (nSPS) is 32.5. The average Bonchev–Trinajstić information content (AvgIpc) is 2.24. The van der Waals surface area contributed by atoms with E-state index in [0.717, 1.165) is 19.6 Å². The van der Waals surface area contributed by atoms with E-state index in [9.17, 15) is 0 Å². The molecule has 1 saturated heterocycles. The monoisotopic (exact) mass is 208 g/mol. The third-order valence-corrected chi connectivity index (χ3v) is 3.65. The lowest BCUT2D eigenvalue weighted by molar-refractivity contribution is 0.0981. The van der Waals surface area contributed by atoms with Crippen molar-refractivity contribution in [3.8, 4) is 12.3 Å². The van der Waals surface area contributed by atoms with Crippen LogP contribution in [0.2, 0.25) is 0 Å². The molecule has 0 aliphatic carbocycles. The number of piperidine rings is 1. The van der Waals surface area contributed by atoms with Gasteiger partial charge in [-0.3, -0.25) is 4.90 Å². The molecule has 0 radical (unpaired) electrons. The van der Waals surface area contributed by atoms with Gasteiger partial charge >= 0.3 is 0 Å². The van der Waals surface area contributed by atoms with Crippen LogP contribution < -0.4 is 5.32 Å². The van der Waals surface area contributed by atoms with Crippen molar-refractivity contribution in [2.45, 2.75) is 45.7 Å². The van der Waals surface area contributed by atoms with Crippen LogP contribution in [0, 0.1) is 18.3 Å². The summed E-state index contributed by atoms with van der Waals surface area (Å²) in [4.78, 5) is 2.41. The van der Waals surface area contributed by atoms with Crippen molar-refractivity contribution in [1.82, 2.24) is 10.2 Å². The van der Waals surface area contributed by atoms with Gasteiger partial charge < -0.3 is 5.32 Å². The topological polar surface area (TPSA) is 15.3 Å². The zero-order valence-corrected chi connectivity index (χ0v) is 10.3. The molecule has 1 aliphatic heterocycles. The number of hydrogen-bond acceptors (Lipinski definition) is 2. The molecule has 86 valence electrons. The highest BCUT2D eigenvalue weighted by molar-refractivity contribution is 4.95. The molecule has 2 heteroatoms. The van der Waals surface area contributed by atoms with Crippen molar-refractivity contribution < 1.29 is 0 Å². The standard InChI is InChI=1S/C13H24N2/c1-5-8-14-13-7-10-15(9-6-2)12(4)11(13)3/h2,11-14H,5,7-10H2,1,3-4H3. The maximum absolute atomic E-state index is 5.37. The van der Waals surface area contributed by atoms with Gasteiger partial charge in [0.2, 0.25) is 0 Å². The van der Waals surface area contributed by atoms with Crippen LogP contribution in [-0.4, -0.2) is 36.6 Å². The quantitative estimate of drug-likeness (QED) is 0.708. The van der Waals surface area contributed by atoms with Crippen LogP contribution in [0.4, 0.5) is 0 Å². The fourth-order valence-electron chi connectivity index (χ4n) is 2.40. The molecular weight excluding hydrogens is 184 g/mol. The molecule has 0 saturated carbocycles. The van der Waals surface area contributed by atoms with Crippen molar-refractivity contribution in [2.75, 3.05) is 19.6 Å². The Kier molecular flexibility index (Phi) is 5.14. The summed E-state index contributed by atoms with van der Waals surface area (Å²) < 4.78 is 0. The molecule has 1 N–H and O–H groups in total. The van der Waals surface area contributed by atoms with Crippen LogP contribution in [-0.2, 0) is 0 Å². The SMILES string of the molecule is C#CCN1CCC(NCCC)C(C)C1C. The molecule has 3 atom stereocenters. The largest absolute Gasteiger partial charge is 0.314 e. The first-order chi connectivity index (χ1) is 7.20. The summed E-state index contributed by atoms with van der Waals surface area (Å²) in [6.45, 7) is 9.91. The van der Waals surface area contributed by atoms with Gasteiger partial charge in [0.1, 0.15) is 0 Å². The Morgan fingerprint density at radius 2 is 2.20 bits per heavy atom. The van der Waals surface area contributed by atoms with Crippen LogP contribution in [0.5, 0.6) is 0 Å². The van der Waals surface area contributed by atoms with Crippen LogP contribution in [0.25, 0.3) is 0 Å². The minimum atomic E-state index is 0.601. The van der Waals surface area contributed by atoms with Crippen LogP contribution in [0.1, 0.15) is 33.6 Å². The first kappa shape index (κ1) is 12.5. The highest BCUT2D eigenvalue weighted by atomic mass is 15.2. The predicted molar refractivity (Wildman–Crippen MR) is 65.7 cm³/mol. The number of likely N-dealkylation sites (tertiary alicyclic amines) is 1. The second-order valence-electron chi connectivity index (χ2n) is 4.62. The lowest BCUT2D eigenvalue weighted by atomic mass is 9.87. The van der Waals surface area contributed by atoms with Crippen LogP contribution in [0.15, 0.2) is 0 Å². The molecule has 2 nitrogen and oxygen atoms in total. The van der Waals surface area contributed by atoms with Gasteiger partial charge in [0, 0.05) is 18.6 Å². The van der Waals surface area contributed by atoms with Crippen LogP contribution >= 0.6 is 0 Å². The molecule has 0 aromatic carbocycles. The average molecular weight is 208 g/mol. The Bertz CT molecular complexity index is 219. The molecule has 0 amide bonds. The molecule has 3 unspecified atom stereocenters. The molecular formula is C13H24N2. The van der Waals surface area contributed by atoms with E-state index in [2.05, 4.69) is 36.9 Å². The fourth-order valence-corrected chi connectivity index (χ4v) is 2.40. The van der Waals surface area contributed by atoms with E-state index >= 15 is 0 Å². The molecule has 1 aliphatic rings. The van der Waals surface area contributed by atoms with Crippen molar-refractivity contribution in [3.05, 3.63) is 0 Å². The fraction of sp³-hybridized carbons (Fsp3) is 0.846. The van der Waals surface area contributed by atoms with Gasteiger partial charge in [0.15, 0.2) is 0 Å². The summed E-state index contributed by atoms with van der Waals surface area (Å²) in [6, 6.07) is 1.28. The maximum atomic E-state index is 5.37. The predicted octanol–water partition coefficient (Wildman–Crippen LogP) is 1.72. The van der Waals surface area contributed by atoms with Crippen molar-refractivity contribution >= 4 is 0 Å². The number of nitrogens with one attached hydrogen (secondary N) is 1. The van der Waals surface area contributed by atoms with E-state index in [4.69, 9.17) is 6.42 Å². The number of rotatable bonds is 4. The van der Waals surface area contributed by atoms with Gasteiger partial charge in [0.25, 0.3) is 0 Å². The summed E-state index contributed by atoms with van der Waals surface area (Å²) in [5, 5.41) is 3.64. The second-order valence-corrected chi connectivity index (χ2v) is 4.62. The Morgan fingerprint density at radius 1 is 1.47 bits per heavy atom. The first-order valence-electron chi connectivity index (χ1n) is 6.11. The molecule has 0 bridgehead atoms. The van der Waals surface area contributed by atoms with Gasteiger partial charge in [-0.1, -0.05) is 19.8 Å². The molecule has 15 heavy (non-hydrogen) atoms. The highest BCUT2D eigenvalue weighted by Crippen LogP contribution is 2.23. The van der Waals surface area contributed by atoms with E-state index in [1.165, 1.54) is 12.8 Å². The third kappa shape index (κ3) is 3.22. The minimum absolute atomic E-state index is 0.601. The highest BCUT2D eigenvalue weighted by Gasteiger charge is 2.31. The zero-order valence-electron chi connectivity index (χ0n) is 10.3. The van der Waals surface area contributed by atoms with E-state index in [1.54, 1.807) is 0 Å². The van der Waals surface area contributed by atoms with E-state index < -0.39 is 0 Å². The van der Waals surface area contributed by atoms with E-state index in [0.29, 0.717) is 18.0 Å². The minimum Gasteiger partial charge on any atom is -0.314 e. The smallest absolute Gasteiger partial charge is 0.0601 e. The first-order valence-corrected chi connectivity index (χ1v) is 6.11. The summed E-state index contributed by atoms with van der Waals surface area (Å²) in [5.74, 6) is 3.45. The molecule has 0 aromatic rings. The molecule has 1 rings (SSSR count). The van der Waals surface area contributed by atoms with E-state index in [1.807, 2.05) is 0 Å². The molecule has 0 spiro atoms. The third-order valence-electron chi connectivity index (χ3n) is 3.65. The Morgan fingerprint density at radius 3 is 2.80 bits per heavy atom. The van der Waals surface area contributed by atoms with Crippen molar-refractivity contribution in [2.24, 2.45) is 5.92 Å². The van der Waals surface area contributed by atoms with Crippen LogP contribution in [0.3, 0.4) is 0 Å². The van der Waals surface area contributed by atoms with Crippen molar-refractivity contribution in [1.29, 1.82) is 0 Å². The lowest BCUT2D eigenvalue weighted by Gasteiger charge is -2.42. The Labute approximate surface area is 94.4 Å². The summed E-state index contributed by atoms with van der Waals surface area (Å²) in [5.41, 5.74) is 0. The molecule has 0 aromatic heterocycles. The Balaban J connectivity index is 2.45. The van der Waals surface area contributed by atoms with Gasteiger partial charge in [-0.05, 0) is 32.2 Å².